The topological polar surface area (TPSA) is 73.6 Å². The average molecular weight is 247 g/mol. The first-order valence-corrected chi connectivity index (χ1v) is 3.93. The second kappa shape index (κ2) is 3.91. The molecule has 17 heavy (non-hydrogen) atoms. The molecular weight excluding hydrogens is 245 g/mol. The Bertz CT molecular complexity index is 521. The van der Waals surface area contributed by atoms with Crippen molar-refractivity contribution in [1.82, 2.24) is 0 Å². The first kappa shape index (κ1) is 12.7. The van der Waals surface area contributed by atoms with Crippen molar-refractivity contribution in [3.8, 4) is 12.1 Å². The molecule has 0 heterocycles. The van der Waals surface area contributed by atoms with E-state index in [2.05, 4.69) is 0 Å². The van der Waals surface area contributed by atoms with Crippen LogP contribution in [-0.2, 0) is 6.18 Å². The fourth-order valence-electron chi connectivity index (χ4n) is 1.18. The third-order valence-electron chi connectivity index (χ3n) is 1.92. The van der Waals surface area contributed by atoms with Crippen LogP contribution in [0.3, 0.4) is 0 Å². The third-order valence-corrected chi connectivity index (χ3v) is 1.92. The number of hydrogen-bond donors (Lipinski definition) is 1. The van der Waals surface area contributed by atoms with Crippen LogP contribution in [-0.4, -0.2) is 0 Å². The summed E-state index contributed by atoms with van der Waals surface area (Å²) in [4.78, 5) is 0. The molecule has 0 atom stereocenters. The number of anilines is 1. The number of nitriles is 2. The molecule has 0 radical (unpaired) electrons. The maximum Gasteiger partial charge on any atom is 0.422 e. The number of hydrogen-bond acceptors (Lipinski definition) is 3. The molecule has 88 valence electrons. The zero-order chi connectivity index (χ0) is 13.4. The highest BCUT2D eigenvalue weighted by molar-refractivity contribution is 5.66. The zero-order valence-corrected chi connectivity index (χ0v) is 7.86. The average Bonchev–Trinajstić information content (AvgIpc) is 2.16. The van der Waals surface area contributed by atoms with Gasteiger partial charge in [0.1, 0.15) is 28.8 Å². The van der Waals surface area contributed by atoms with Gasteiger partial charge in [-0.1, -0.05) is 0 Å². The molecule has 3 nitrogen and oxygen atoms in total. The summed E-state index contributed by atoms with van der Waals surface area (Å²) < 4.78 is 63.5. The van der Waals surface area contributed by atoms with Gasteiger partial charge in [0, 0.05) is 0 Å². The number of nitrogens with two attached hydrogens (primary N) is 1. The minimum Gasteiger partial charge on any atom is -0.396 e. The predicted octanol–water partition coefficient (Wildman–Crippen LogP) is 2.31. The summed E-state index contributed by atoms with van der Waals surface area (Å²) in [5.41, 5.74) is -0.610. The van der Waals surface area contributed by atoms with E-state index >= 15 is 0 Å². The normalized spacial score (nSPS) is 10.8. The van der Waals surface area contributed by atoms with E-state index in [1.54, 1.807) is 0 Å². The van der Waals surface area contributed by atoms with E-state index in [4.69, 9.17) is 16.3 Å². The fraction of sp³-hybridized carbons (Fsp3) is 0.111. The van der Waals surface area contributed by atoms with Crippen molar-refractivity contribution < 1.29 is 22.0 Å². The second-order valence-electron chi connectivity index (χ2n) is 2.89. The number of nitrogen functional groups attached to an aromatic ring is 1. The van der Waals surface area contributed by atoms with Gasteiger partial charge in [-0.3, -0.25) is 0 Å². The monoisotopic (exact) mass is 247 g/mol. The van der Waals surface area contributed by atoms with Crippen LogP contribution < -0.4 is 5.73 Å². The molecule has 0 bridgehead atoms. The van der Waals surface area contributed by atoms with Crippen molar-refractivity contribution in [2.24, 2.45) is 0 Å². The second-order valence-corrected chi connectivity index (χ2v) is 2.89. The van der Waals surface area contributed by atoms with Crippen molar-refractivity contribution in [2.75, 3.05) is 5.73 Å². The molecular formula is C9H2F5N3. The molecule has 0 saturated heterocycles. The Morgan fingerprint density at radius 3 is 1.53 bits per heavy atom. The Hall–Kier alpha value is -2.35. The van der Waals surface area contributed by atoms with Gasteiger partial charge in [0.25, 0.3) is 0 Å². The van der Waals surface area contributed by atoms with Crippen LogP contribution >= 0.6 is 0 Å². The Morgan fingerprint density at radius 2 is 1.29 bits per heavy atom. The van der Waals surface area contributed by atoms with E-state index in [-0.39, 0.29) is 0 Å². The number of halogens is 5. The standard InChI is InChI=1S/C9H2F5N3/c10-6-3(1-15)8(17)4(2-16)7(11)5(6)9(12,13)14/h17H2. The number of rotatable bonds is 0. The smallest absolute Gasteiger partial charge is 0.396 e. The molecule has 0 aliphatic rings. The van der Waals surface area contributed by atoms with Crippen molar-refractivity contribution in [3.63, 3.8) is 0 Å². The molecule has 8 heteroatoms. The van der Waals surface area contributed by atoms with Gasteiger partial charge in [0.2, 0.25) is 0 Å². The summed E-state index contributed by atoms with van der Waals surface area (Å²) in [6, 6.07) is 2.12. The molecule has 0 saturated carbocycles. The first-order chi connectivity index (χ1) is 7.75. The van der Waals surface area contributed by atoms with Crippen molar-refractivity contribution in [1.29, 1.82) is 10.5 Å². The molecule has 0 aliphatic carbocycles. The van der Waals surface area contributed by atoms with Crippen molar-refractivity contribution in [3.05, 3.63) is 28.3 Å². The van der Waals surface area contributed by atoms with Gasteiger partial charge in [-0.25, -0.2) is 8.78 Å². The molecule has 0 unspecified atom stereocenters. The van der Waals surface area contributed by atoms with E-state index in [0.29, 0.717) is 0 Å². The van der Waals surface area contributed by atoms with Crippen molar-refractivity contribution in [2.45, 2.75) is 6.18 Å². The highest BCUT2D eigenvalue weighted by Crippen LogP contribution is 2.38. The fourth-order valence-corrected chi connectivity index (χ4v) is 1.18. The Balaban J connectivity index is 3.89. The summed E-state index contributed by atoms with van der Waals surface area (Å²) >= 11 is 0. The van der Waals surface area contributed by atoms with E-state index in [1.807, 2.05) is 0 Å². The van der Waals surface area contributed by atoms with Gasteiger partial charge < -0.3 is 5.73 Å². The Labute approximate surface area is 91.5 Å². The SMILES string of the molecule is N#Cc1c(N)c(C#N)c(F)c(C(F)(F)F)c1F. The minimum absolute atomic E-state index is 0.946. The molecule has 2 N–H and O–H groups in total. The van der Waals surface area contributed by atoms with Crippen LogP contribution in [0, 0.1) is 34.3 Å². The van der Waals surface area contributed by atoms with Gasteiger partial charge in [-0.2, -0.15) is 23.7 Å². The summed E-state index contributed by atoms with van der Waals surface area (Å²) in [5, 5.41) is 16.9. The lowest BCUT2D eigenvalue weighted by molar-refractivity contribution is -0.142. The molecule has 0 amide bonds. The molecule has 1 rings (SSSR count). The highest BCUT2D eigenvalue weighted by atomic mass is 19.4. The minimum atomic E-state index is -5.36. The molecule has 0 spiro atoms. The summed E-state index contributed by atoms with van der Waals surface area (Å²) in [5.74, 6) is -4.23. The number of alkyl halides is 3. The molecule has 0 aromatic heterocycles. The van der Waals surface area contributed by atoms with Crippen molar-refractivity contribution >= 4 is 5.69 Å². The van der Waals surface area contributed by atoms with Crippen LogP contribution in [0.1, 0.15) is 16.7 Å². The lowest BCUT2D eigenvalue weighted by atomic mass is 10.0. The van der Waals surface area contributed by atoms with Gasteiger partial charge in [0.15, 0.2) is 11.6 Å². The summed E-state index contributed by atoms with van der Waals surface area (Å²) in [6.45, 7) is 0. The van der Waals surface area contributed by atoms with Gasteiger partial charge in [0.05, 0.1) is 5.69 Å². The quantitative estimate of drug-likeness (QED) is 0.564. The van der Waals surface area contributed by atoms with Crippen LogP contribution in [0.5, 0.6) is 0 Å². The predicted molar refractivity (Wildman–Crippen MR) is 45.2 cm³/mol. The Morgan fingerprint density at radius 1 is 0.941 bits per heavy atom. The highest BCUT2D eigenvalue weighted by Gasteiger charge is 2.41. The molecule has 0 fully saturated rings. The summed E-state index contributed by atoms with van der Waals surface area (Å²) in [6.07, 6.45) is -5.36. The van der Waals surface area contributed by atoms with E-state index in [1.165, 1.54) is 0 Å². The number of nitrogens with zero attached hydrogens (tertiary/aromatic N) is 2. The molecule has 0 aliphatic heterocycles. The summed E-state index contributed by atoms with van der Waals surface area (Å²) in [7, 11) is 0. The largest absolute Gasteiger partial charge is 0.422 e. The zero-order valence-electron chi connectivity index (χ0n) is 7.86. The number of benzene rings is 1. The van der Waals surface area contributed by atoms with E-state index < -0.39 is 40.2 Å². The van der Waals surface area contributed by atoms with Gasteiger partial charge in [-0.15, -0.1) is 0 Å². The van der Waals surface area contributed by atoms with Crippen LogP contribution in [0.4, 0.5) is 27.6 Å². The molecule has 1 aromatic rings. The lowest BCUT2D eigenvalue weighted by Gasteiger charge is -2.12. The van der Waals surface area contributed by atoms with Gasteiger partial charge in [-0.05, 0) is 0 Å². The molecule has 1 aromatic carbocycles. The van der Waals surface area contributed by atoms with E-state index in [0.717, 1.165) is 12.1 Å². The first-order valence-electron chi connectivity index (χ1n) is 3.93. The van der Waals surface area contributed by atoms with Crippen LogP contribution in [0.15, 0.2) is 0 Å². The van der Waals surface area contributed by atoms with Crippen LogP contribution in [0.2, 0.25) is 0 Å². The maximum atomic E-state index is 13.2. The lowest BCUT2D eigenvalue weighted by Crippen LogP contribution is -2.16. The van der Waals surface area contributed by atoms with Gasteiger partial charge >= 0.3 is 6.18 Å². The third kappa shape index (κ3) is 1.85. The Kier molecular flexibility index (Phi) is 2.92. The maximum absolute atomic E-state index is 13.2. The van der Waals surface area contributed by atoms with Crippen LogP contribution in [0.25, 0.3) is 0 Å². The van der Waals surface area contributed by atoms with E-state index in [9.17, 15) is 22.0 Å².